The van der Waals surface area contributed by atoms with Gasteiger partial charge in [-0.05, 0) is 49.6 Å². The lowest BCUT2D eigenvalue weighted by Gasteiger charge is -2.21. The fraction of sp³-hybridized carbons (Fsp3) is 0.294. The van der Waals surface area contributed by atoms with Crippen molar-refractivity contribution in [3.8, 4) is 0 Å². The quantitative estimate of drug-likeness (QED) is 0.779. The summed E-state index contributed by atoms with van der Waals surface area (Å²) in [6.45, 7) is 6.44. The first-order valence-electron chi connectivity index (χ1n) is 7.44. The Hall–Kier alpha value is -2.36. The van der Waals surface area contributed by atoms with Crippen LogP contribution in [0.1, 0.15) is 25.0 Å². The molecule has 3 aromatic rings. The highest BCUT2D eigenvalue weighted by atomic mass is 15.3. The minimum Gasteiger partial charge on any atom is -0.372 e. The number of nitrogens with one attached hydrogen (secondary N) is 1. The zero-order valence-electron chi connectivity index (χ0n) is 12.5. The number of aromatic amines is 1. The summed E-state index contributed by atoms with van der Waals surface area (Å²) in [5.74, 6) is 0. The van der Waals surface area contributed by atoms with Crippen LogP contribution < -0.4 is 4.90 Å². The van der Waals surface area contributed by atoms with E-state index in [0.29, 0.717) is 0 Å². The molecule has 21 heavy (non-hydrogen) atoms. The molecule has 0 saturated heterocycles. The fourth-order valence-corrected chi connectivity index (χ4v) is 2.70. The Kier molecular flexibility index (Phi) is 3.86. The molecule has 1 aromatic heterocycles. The molecule has 0 aliphatic carbocycles. The number of H-pyrrole nitrogens is 1. The first-order chi connectivity index (χ1) is 10.3. The van der Waals surface area contributed by atoms with E-state index < -0.39 is 0 Å². The second kappa shape index (κ2) is 5.95. The van der Waals surface area contributed by atoms with Gasteiger partial charge in [0.05, 0.1) is 0 Å². The summed E-state index contributed by atoms with van der Waals surface area (Å²) in [5.41, 5.74) is 5.67. The number of hydrogen-bond donors (Lipinski definition) is 1. The molecule has 0 saturated carbocycles. The van der Waals surface area contributed by atoms with Gasteiger partial charge in [0.15, 0.2) is 0 Å². The van der Waals surface area contributed by atoms with Gasteiger partial charge in [-0.3, -0.25) is 0 Å². The van der Waals surface area contributed by atoms with Crippen LogP contribution in [-0.4, -0.2) is 28.5 Å². The summed E-state index contributed by atoms with van der Waals surface area (Å²) < 4.78 is 0. The van der Waals surface area contributed by atoms with Crippen molar-refractivity contribution in [2.75, 3.05) is 18.0 Å². The molecule has 108 valence electrons. The van der Waals surface area contributed by atoms with Crippen LogP contribution in [0.15, 0.2) is 42.5 Å². The smallest absolute Gasteiger partial charge is 0.116 e. The summed E-state index contributed by atoms with van der Waals surface area (Å²) in [4.78, 5) is 2.35. The summed E-state index contributed by atoms with van der Waals surface area (Å²) in [7, 11) is 0. The van der Waals surface area contributed by atoms with Crippen LogP contribution in [0.3, 0.4) is 0 Å². The van der Waals surface area contributed by atoms with E-state index in [1.54, 1.807) is 0 Å². The highest BCUT2D eigenvalue weighted by Crippen LogP contribution is 2.20. The third-order valence-electron chi connectivity index (χ3n) is 3.89. The van der Waals surface area contributed by atoms with Gasteiger partial charge in [-0.1, -0.05) is 24.3 Å². The first kappa shape index (κ1) is 13.6. The van der Waals surface area contributed by atoms with Gasteiger partial charge < -0.3 is 4.90 Å². The first-order valence-corrected chi connectivity index (χ1v) is 7.44. The summed E-state index contributed by atoms with van der Waals surface area (Å²) in [6, 6.07) is 14.9. The Morgan fingerprint density at radius 1 is 0.952 bits per heavy atom. The van der Waals surface area contributed by atoms with Gasteiger partial charge in [-0.2, -0.15) is 15.4 Å². The van der Waals surface area contributed by atoms with E-state index in [1.807, 2.05) is 12.1 Å². The Balaban J connectivity index is 1.83. The molecule has 0 aliphatic heterocycles. The van der Waals surface area contributed by atoms with Crippen molar-refractivity contribution >= 4 is 16.7 Å². The van der Waals surface area contributed by atoms with Crippen molar-refractivity contribution in [2.24, 2.45) is 0 Å². The molecule has 0 aliphatic rings. The SMILES string of the molecule is CCN(CC)c1ccc(Cc2cccc3n[nH]nc23)cc1. The lowest BCUT2D eigenvalue weighted by molar-refractivity contribution is 0.866. The highest BCUT2D eigenvalue weighted by molar-refractivity contribution is 5.77. The van der Waals surface area contributed by atoms with Crippen molar-refractivity contribution in [1.29, 1.82) is 0 Å². The predicted molar refractivity (Wildman–Crippen MR) is 86.7 cm³/mol. The van der Waals surface area contributed by atoms with Gasteiger partial charge in [-0.25, -0.2) is 0 Å². The van der Waals surface area contributed by atoms with Crippen molar-refractivity contribution in [1.82, 2.24) is 15.4 Å². The molecule has 3 rings (SSSR count). The summed E-state index contributed by atoms with van der Waals surface area (Å²) >= 11 is 0. The van der Waals surface area contributed by atoms with Gasteiger partial charge in [0.25, 0.3) is 0 Å². The van der Waals surface area contributed by atoms with Gasteiger partial charge in [0.2, 0.25) is 0 Å². The van der Waals surface area contributed by atoms with Crippen LogP contribution in [0.4, 0.5) is 5.69 Å². The molecule has 0 radical (unpaired) electrons. The monoisotopic (exact) mass is 280 g/mol. The largest absolute Gasteiger partial charge is 0.372 e. The van der Waals surface area contributed by atoms with E-state index in [4.69, 9.17) is 0 Å². The molecule has 0 unspecified atom stereocenters. The van der Waals surface area contributed by atoms with Gasteiger partial charge in [-0.15, -0.1) is 0 Å². The van der Waals surface area contributed by atoms with Crippen molar-refractivity contribution in [3.05, 3.63) is 53.6 Å². The zero-order chi connectivity index (χ0) is 14.7. The van der Waals surface area contributed by atoms with Crippen LogP contribution in [0.25, 0.3) is 11.0 Å². The van der Waals surface area contributed by atoms with Crippen LogP contribution in [0.2, 0.25) is 0 Å². The number of aromatic nitrogens is 3. The van der Waals surface area contributed by atoms with E-state index in [-0.39, 0.29) is 0 Å². The highest BCUT2D eigenvalue weighted by Gasteiger charge is 2.06. The molecule has 4 heteroatoms. The maximum Gasteiger partial charge on any atom is 0.116 e. The van der Waals surface area contributed by atoms with Crippen LogP contribution in [0.5, 0.6) is 0 Å². The molecule has 0 atom stereocenters. The maximum atomic E-state index is 4.24. The predicted octanol–water partition coefficient (Wildman–Crippen LogP) is 3.39. The topological polar surface area (TPSA) is 44.8 Å². The van der Waals surface area contributed by atoms with E-state index in [9.17, 15) is 0 Å². The number of para-hydroxylation sites is 1. The molecule has 2 aromatic carbocycles. The second-order valence-corrected chi connectivity index (χ2v) is 5.12. The number of hydrogen-bond acceptors (Lipinski definition) is 3. The normalized spacial score (nSPS) is 11.0. The number of fused-ring (bicyclic) bond motifs is 1. The van der Waals surface area contributed by atoms with E-state index in [1.165, 1.54) is 16.8 Å². The summed E-state index contributed by atoms with van der Waals surface area (Å²) in [5, 5.41) is 11.1. The summed E-state index contributed by atoms with van der Waals surface area (Å²) in [6.07, 6.45) is 0.877. The van der Waals surface area contributed by atoms with Gasteiger partial charge >= 0.3 is 0 Å². The van der Waals surface area contributed by atoms with Crippen LogP contribution in [-0.2, 0) is 6.42 Å². The van der Waals surface area contributed by atoms with Crippen molar-refractivity contribution in [3.63, 3.8) is 0 Å². The molecular formula is C17H20N4. The average Bonchev–Trinajstić information content (AvgIpc) is 3.00. The molecule has 0 amide bonds. The number of benzene rings is 2. The minimum absolute atomic E-state index is 0.877. The van der Waals surface area contributed by atoms with E-state index >= 15 is 0 Å². The molecule has 0 spiro atoms. The average molecular weight is 280 g/mol. The second-order valence-electron chi connectivity index (χ2n) is 5.12. The molecule has 0 bridgehead atoms. The standard InChI is InChI=1S/C17H20N4/c1-3-21(4-2)15-10-8-13(9-11-15)12-14-6-5-7-16-17(14)19-20-18-16/h5-11H,3-4,12H2,1-2H3,(H,18,19,20). The van der Waals surface area contributed by atoms with E-state index in [0.717, 1.165) is 30.5 Å². The lowest BCUT2D eigenvalue weighted by Crippen LogP contribution is -2.21. The van der Waals surface area contributed by atoms with Crippen LogP contribution >= 0.6 is 0 Å². The number of anilines is 1. The Morgan fingerprint density at radius 2 is 1.71 bits per heavy atom. The minimum atomic E-state index is 0.877. The van der Waals surface area contributed by atoms with Gasteiger partial charge in [0.1, 0.15) is 11.0 Å². The van der Waals surface area contributed by atoms with Crippen LogP contribution in [0, 0.1) is 0 Å². The molecule has 0 fully saturated rings. The number of nitrogens with zero attached hydrogens (tertiary/aromatic N) is 3. The Morgan fingerprint density at radius 3 is 2.43 bits per heavy atom. The van der Waals surface area contributed by atoms with Crippen molar-refractivity contribution < 1.29 is 0 Å². The maximum absolute atomic E-state index is 4.24. The lowest BCUT2D eigenvalue weighted by atomic mass is 10.0. The molecule has 4 nitrogen and oxygen atoms in total. The van der Waals surface area contributed by atoms with Crippen molar-refractivity contribution in [2.45, 2.75) is 20.3 Å². The molecule has 1 heterocycles. The Labute approximate surface area is 124 Å². The Bertz CT molecular complexity index is 711. The molecule has 1 N–H and O–H groups in total. The fourth-order valence-electron chi connectivity index (χ4n) is 2.70. The van der Waals surface area contributed by atoms with E-state index in [2.05, 4.69) is 64.5 Å². The third kappa shape index (κ3) is 2.75. The molecular weight excluding hydrogens is 260 g/mol. The number of rotatable bonds is 5. The zero-order valence-corrected chi connectivity index (χ0v) is 12.5. The van der Waals surface area contributed by atoms with Gasteiger partial charge in [0, 0.05) is 18.8 Å². The third-order valence-corrected chi connectivity index (χ3v) is 3.89.